The number of hydrogen-bond acceptors (Lipinski definition) is 2. The number of aliphatic hydroxyl groups is 1. The Labute approximate surface area is 73.4 Å². The second-order valence-electron chi connectivity index (χ2n) is 3.68. The summed E-state index contributed by atoms with van der Waals surface area (Å²) in [6.45, 7) is 4.98. The van der Waals surface area contributed by atoms with Gasteiger partial charge in [-0.15, -0.1) is 0 Å². The zero-order valence-corrected chi connectivity index (χ0v) is 7.79. The minimum absolute atomic E-state index is 0.0278. The van der Waals surface area contributed by atoms with Gasteiger partial charge in [0.25, 0.3) is 0 Å². The first-order chi connectivity index (χ1) is 5.66. The molecular weight excluding hydrogens is 154 g/mol. The lowest BCUT2D eigenvalue weighted by molar-refractivity contribution is -0.131. The van der Waals surface area contributed by atoms with Gasteiger partial charge < -0.3 is 10.0 Å². The molecule has 0 aromatic carbocycles. The molecule has 1 atom stereocenters. The molecule has 1 saturated heterocycles. The van der Waals surface area contributed by atoms with E-state index in [-0.39, 0.29) is 18.6 Å². The summed E-state index contributed by atoms with van der Waals surface area (Å²) in [5.74, 6) is 0.541. The maximum atomic E-state index is 11.3. The molecule has 1 rings (SSSR count). The maximum absolute atomic E-state index is 11.3. The monoisotopic (exact) mass is 171 g/mol. The smallest absolute Gasteiger partial charge is 0.222 e. The summed E-state index contributed by atoms with van der Waals surface area (Å²) < 4.78 is 0. The number of carbonyl (C=O) groups excluding carboxylic acids is 1. The normalized spacial score (nSPS) is 20.7. The lowest BCUT2D eigenvalue weighted by atomic mass is 10.0. The summed E-state index contributed by atoms with van der Waals surface area (Å²) >= 11 is 0. The second kappa shape index (κ2) is 3.90. The topological polar surface area (TPSA) is 40.5 Å². The summed E-state index contributed by atoms with van der Waals surface area (Å²) in [5.41, 5.74) is 0. The van der Waals surface area contributed by atoms with Crippen molar-refractivity contribution in [3.8, 4) is 0 Å². The number of rotatable bonds is 3. The molecule has 0 saturated carbocycles. The van der Waals surface area contributed by atoms with Gasteiger partial charge in [0.15, 0.2) is 0 Å². The highest BCUT2D eigenvalue weighted by Gasteiger charge is 2.28. The number of hydrogen-bond donors (Lipinski definition) is 1. The number of carbonyl (C=O) groups is 1. The number of likely N-dealkylation sites (tertiary alicyclic amines) is 1. The predicted molar refractivity (Wildman–Crippen MR) is 46.7 cm³/mol. The van der Waals surface area contributed by atoms with Gasteiger partial charge in [-0.05, 0) is 12.3 Å². The molecule has 12 heavy (non-hydrogen) atoms. The van der Waals surface area contributed by atoms with E-state index in [1.165, 1.54) is 0 Å². The summed E-state index contributed by atoms with van der Waals surface area (Å²) in [5, 5.41) is 9.08. The number of nitrogens with zero attached hydrogens (tertiary/aromatic N) is 1. The van der Waals surface area contributed by atoms with Gasteiger partial charge in [0.05, 0.1) is 12.6 Å². The van der Waals surface area contributed by atoms with Crippen molar-refractivity contribution < 1.29 is 9.90 Å². The van der Waals surface area contributed by atoms with E-state index in [0.29, 0.717) is 12.3 Å². The van der Waals surface area contributed by atoms with Crippen LogP contribution in [-0.2, 0) is 4.79 Å². The molecule has 1 aliphatic rings. The highest BCUT2D eigenvalue weighted by molar-refractivity contribution is 5.78. The van der Waals surface area contributed by atoms with E-state index in [2.05, 4.69) is 0 Å². The van der Waals surface area contributed by atoms with E-state index >= 15 is 0 Å². The first kappa shape index (κ1) is 9.52. The van der Waals surface area contributed by atoms with Crippen molar-refractivity contribution in [2.45, 2.75) is 32.7 Å². The Morgan fingerprint density at radius 1 is 1.58 bits per heavy atom. The van der Waals surface area contributed by atoms with Crippen LogP contribution in [0.25, 0.3) is 0 Å². The third-order valence-electron chi connectivity index (χ3n) is 2.47. The van der Waals surface area contributed by atoms with E-state index in [4.69, 9.17) is 5.11 Å². The molecule has 0 aliphatic carbocycles. The van der Waals surface area contributed by atoms with Crippen LogP contribution in [0.5, 0.6) is 0 Å². The van der Waals surface area contributed by atoms with Crippen LogP contribution >= 0.6 is 0 Å². The molecule has 1 amide bonds. The van der Waals surface area contributed by atoms with E-state index in [1.807, 2.05) is 18.7 Å². The molecule has 0 bridgehead atoms. The van der Waals surface area contributed by atoms with Crippen molar-refractivity contribution in [2.24, 2.45) is 5.92 Å². The fraction of sp³-hybridized carbons (Fsp3) is 0.889. The van der Waals surface area contributed by atoms with Crippen molar-refractivity contribution in [1.29, 1.82) is 0 Å². The molecule has 1 aliphatic heterocycles. The molecule has 0 radical (unpaired) electrons. The van der Waals surface area contributed by atoms with E-state index in [1.54, 1.807) is 0 Å². The first-order valence-corrected chi connectivity index (χ1v) is 4.57. The Hall–Kier alpha value is -0.570. The van der Waals surface area contributed by atoms with E-state index < -0.39 is 0 Å². The fourth-order valence-corrected chi connectivity index (χ4v) is 1.69. The molecule has 1 unspecified atom stereocenters. The lowest BCUT2D eigenvalue weighted by Gasteiger charge is -2.29. The highest BCUT2D eigenvalue weighted by atomic mass is 16.3. The quantitative estimate of drug-likeness (QED) is 0.676. The van der Waals surface area contributed by atoms with Crippen LogP contribution in [0.4, 0.5) is 0 Å². The van der Waals surface area contributed by atoms with Crippen LogP contribution in [0.15, 0.2) is 0 Å². The minimum Gasteiger partial charge on any atom is -0.394 e. The van der Waals surface area contributed by atoms with E-state index in [9.17, 15) is 4.79 Å². The van der Waals surface area contributed by atoms with Gasteiger partial charge in [-0.1, -0.05) is 13.8 Å². The summed E-state index contributed by atoms with van der Waals surface area (Å²) in [6.07, 6.45) is 1.60. The largest absolute Gasteiger partial charge is 0.394 e. The zero-order chi connectivity index (χ0) is 9.14. The Morgan fingerprint density at radius 3 is 2.58 bits per heavy atom. The molecule has 1 N–H and O–H groups in total. The Balaban J connectivity index is 2.58. The van der Waals surface area contributed by atoms with Gasteiger partial charge in [0.2, 0.25) is 5.91 Å². The molecule has 1 fully saturated rings. The lowest BCUT2D eigenvalue weighted by Crippen LogP contribution is -2.42. The maximum Gasteiger partial charge on any atom is 0.222 e. The standard InChI is InChI=1S/C9H17NO2/c1-7(2)8(6-11)10-5-3-4-9(10)12/h7-8,11H,3-6H2,1-2H3. The summed E-state index contributed by atoms with van der Waals surface area (Å²) in [4.78, 5) is 13.1. The number of amides is 1. The van der Waals surface area contributed by atoms with Crippen molar-refractivity contribution in [1.82, 2.24) is 4.90 Å². The minimum atomic E-state index is 0.0278. The summed E-state index contributed by atoms with van der Waals surface area (Å²) in [6, 6.07) is 0.0278. The third-order valence-corrected chi connectivity index (χ3v) is 2.47. The zero-order valence-electron chi connectivity index (χ0n) is 7.79. The molecule has 0 spiro atoms. The van der Waals surface area contributed by atoms with Crippen molar-refractivity contribution >= 4 is 5.91 Å². The average molecular weight is 171 g/mol. The van der Waals surface area contributed by atoms with Crippen molar-refractivity contribution in [3.63, 3.8) is 0 Å². The van der Waals surface area contributed by atoms with Crippen LogP contribution in [-0.4, -0.2) is 35.1 Å². The summed E-state index contributed by atoms with van der Waals surface area (Å²) in [7, 11) is 0. The van der Waals surface area contributed by atoms with Gasteiger partial charge in [-0.25, -0.2) is 0 Å². The second-order valence-corrected chi connectivity index (χ2v) is 3.68. The fourth-order valence-electron chi connectivity index (χ4n) is 1.69. The van der Waals surface area contributed by atoms with Crippen LogP contribution in [0.3, 0.4) is 0 Å². The third kappa shape index (κ3) is 1.78. The molecule has 3 heteroatoms. The van der Waals surface area contributed by atoms with Crippen LogP contribution in [0.1, 0.15) is 26.7 Å². The van der Waals surface area contributed by atoms with Crippen LogP contribution in [0, 0.1) is 5.92 Å². The van der Waals surface area contributed by atoms with Gasteiger partial charge in [0, 0.05) is 13.0 Å². The molecular formula is C9H17NO2. The first-order valence-electron chi connectivity index (χ1n) is 4.57. The Kier molecular flexibility index (Phi) is 3.09. The van der Waals surface area contributed by atoms with Crippen molar-refractivity contribution in [2.75, 3.05) is 13.2 Å². The SMILES string of the molecule is CC(C)C(CO)N1CCCC1=O. The van der Waals surface area contributed by atoms with E-state index in [0.717, 1.165) is 13.0 Å². The van der Waals surface area contributed by atoms with Crippen molar-refractivity contribution in [3.05, 3.63) is 0 Å². The van der Waals surface area contributed by atoms with Gasteiger partial charge >= 0.3 is 0 Å². The van der Waals surface area contributed by atoms with Gasteiger partial charge in [-0.2, -0.15) is 0 Å². The Bertz CT molecular complexity index is 168. The molecule has 3 nitrogen and oxygen atoms in total. The molecule has 0 aromatic heterocycles. The van der Waals surface area contributed by atoms with Crippen LogP contribution in [0.2, 0.25) is 0 Å². The molecule has 1 heterocycles. The Morgan fingerprint density at radius 2 is 2.25 bits per heavy atom. The highest BCUT2D eigenvalue weighted by Crippen LogP contribution is 2.18. The average Bonchev–Trinajstić information content (AvgIpc) is 2.38. The van der Waals surface area contributed by atoms with Gasteiger partial charge in [-0.3, -0.25) is 4.79 Å². The predicted octanol–water partition coefficient (Wildman–Crippen LogP) is 0.626. The number of aliphatic hydroxyl groups excluding tert-OH is 1. The van der Waals surface area contributed by atoms with Crippen LogP contribution < -0.4 is 0 Å². The van der Waals surface area contributed by atoms with Gasteiger partial charge in [0.1, 0.15) is 0 Å². The molecule has 0 aromatic rings. The molecule has 70 valence electrons.